The van der Waals surface area contributed by atoms with Crippen molar-refractivity contribution in [1.82, 2.24) is 10.2 Å². The Morgan fingerprint density at radius 2 is 2.29 bits per heavy atom. The minimum Gasteiger partial charge on any atom is -0.341 e. The van der Waals surface area contributed by atoms with Gasteiger partial charge in [-0.3, -0.25) is 9.59 Å². The van der Waals surface area contributed by atoms with Crippen molar-refractivity contribution >= 4 is 23.2 Å². The average molecular weight is 309 g/mol. The van der Waals surface area contributed by atoms with Crippen LogP contribution >= 0.6 is 11.3 Å². The molecule has 21 heavy (non-hydrogen) atoms. The second kappa shape index (κ2) is 7.04. The van der Waals surface area contributed by atoms with Crippen LogP contribution in [0.25, 0.3) is 0 Å². The topological polar surface area (TPSA) is 75.4 Å². The second-order valence-electron chi connectivity index (χ2n) is 5.85. The van der Waals surface area contributed by atoms with Crippen molar-refractivity contribution in [2.75, 3.05) is 19.6 Å². The van der Waals surface area contributed by atoms with Crippen LogP contribution in [0.15, 0.2) is 17.5 Å². The monoisotopic (exact) mass is 309 g/mol. The fourth-order valence-corrected chi connectivity index (χ4v) is 3.18. The molecule has 1 aliphatic heterocycles. The average Bonchev–Trinajstić information content (AvgIpc) is 3.13. The van der Waals surface area contributed by atoms with E-state index < -0.39 is 6.04 Å². The third-order valence-corrected chi connectivity index (χ3v) is 4.76. The molecule has 6 heteroatoms. The summed E-state index contributed by atoms with van der Waals surface area (Å²) in [4.78, 5) is 27.3. The van der Waals surface area contributed by atoms with E-state index in [0.29, 0.717) is 23.9 Å². The van der Waals surface area contributed by atoms with Crippen LogP contribution in [0.4, 0.5) is 0 Å². The van der Waals surface area contributed by atoms with E-state index >= 15 is 0 Å². The lowest BCUT2D eigenvalue weighted by molar-refractivity contribution is -0.133. The highest BCUT2D eigenvalue weighted by Gasteiger charge is 2.33. The van der Waals surface area contributed by atoms with Crippen LogP contribution in [0.5, 0.6) is 0 Å². The Kier molecular flexibility index (Phi) is 5.36. The molecule has 1 aliphatic rings. The molecule has 0 radical (unpaired) electrons. The summed E-state index contributed by atoms with van der Waals surface area (Å²) < 4.78 is 0. The number of rotatable bonds is 5. The molecule has 2 heterocycles. The van der Waals surface area contributed by atoms with Gasteiger partial charge in [0.15, 0.2) is 0 Å². The van der Waals surface area contributed by atoms with Crippen molar-refractivity contribution in [2.24, 2.45) is 17.6 Å². The summed E-state index contributed by atoms with van der Waals surface area (Å²) in [5, 5.41) is 4.73. The summed E-state index contributed by atoms with van der Waals surface area (Å²) in [6.45, 7) is 5.95. The summed E-state index contributed by atoms with van der Waals surface area (Å²) in [5.74, 6) is 0.269. The molecule has 0 saturated carbocycles. The van der Waals surface area contributed by atoms with Gasteiger partial charge in [0.05, 0.1) is 4.88 Å². The van der Waals surface area contributed by atoms with Crippen LogP contribution in [0, 0.1) is 11.8 Å². The molecule has 0 spiro atoms. The maximum atomic E-state index is 12.6. The molecule has 3 N–H and O–H groups in total. The number of thiophene rings is 1. The Balaban J connectivity index is 2.02. The molecular formula is C15H23N3O2S. The summed E-state index contributed by atoms with van der Waals surface area (Å²) >= 11 is 1.38. The van der Waals surface area contributed by atoms with E-state index in [2.05, 4.69) is 5.32 Å². The minimum atomic E-state index is -0.476. The first kappa shape index (κ1) is 16.0. The zero-order chi connectivity index (χ0) is 15.4. The number of hydrogen-bond acceptors (Lipinski definition) is 4. The molecule has 1 fully saturated rings. The third kappa shape index (κ3) is 3.83. The minimum absolute atomic E-state index is 0.00542. The van der Waals surface area contributed by atoms with Gasteiger partial charge in [0.2, 0.25) is 5.91 Å². The molecule has 2 atom stereocenters. The van der Waals surface area contributed by atoms with Gasteiger partial charge in [0.1, 0.15) is 6.04 Å². The standard InChI is InChI=1S/C15H23N3O2S/c1-10(2)13(17-14(19)12-4-3-7-21-12)15(20)18-6-5-11(8-16)9-18/h3-4,7,10-11,13H,5-6,8-9,16H2,1-2H3,(H,17,19). The van der Waals surface area contributed by atoms with Crippen molar-refractivity contribution in [1.29, 1.82) is 0 Å². The zero-order valence-electron chi connectivity index (χ0n) is 12.5. The third-order valence-electron chi connectivity index (χ3n) is 3.90. The number of nitrogens with one attached hydrogen (secondary N) is 1. The molecule has 116 valence electrons. The Labute approximate surface area is 129 Å². The van der Waals surface area contributed by atoms with Gasteiger partial charge in [-0.05, 0) is 36.2 Å². The Morgan fingerprint density at radius 3 is 2.81 bits per heavy atom. The Hall–Kier alpha value is -1.40. The van der Waals surface area contributed by atoms with Gasteiger partial charge >= 0.3 is 0 Å². The van der Waals surface area contributed by atoms with Crippen LogP contribution in [-0.2, 0) is 4.79 Å². The van der Waals surface area contributed by atoms with E-state index in [9.17, 15) is 9.59 Å². The maximum absolute atomic E-state index is 12.6. The molecule has 5 nitrogen and oxygen atoms in total. The van der Waals surface area contributed by atoms with E-state index in [4.69, 9.17) is 5.73 Å². The summed E-state index contributed by atoms with van der Waals surface area (Å²) in [5.41, 5.74) is 5.67. The van der Waals surface area contributed by atoms with Crippen molar-refractivity contribution in [3.8, 4) is 0 Å². The highest BCUT2D eigenvalue weighted by atomic mass is 32.1. The van der Waals surface area contributed by atoms with Gasteiger partial charge in [-0.15, -0.1) is 11.3 Å². The molecule has 2 amide bonds. The lowest BCUT2D eigenvalue weighted by Crippen LogP contribution is -2.50. The second-order valence-corrected chi connectivity index (χ2v) is 6.79. The summed E-state index contributed by atoms with van der Waals surface area (Å²) in [6, 6.07) is 3.12. The number of likely N-dealkylation sites (tertiary alicyclic amines) is 1. The molecule has 0 aliphatic carbocycles. The lowest BCUT2D eigenvalue weighted by atomic mass is 10.0. The Bertz CT molecular complexity index is 487. The quantitative estimate of drug-likeness (QED) is 0.861. The fraction of sp³-hybridized carbons (Fsp3) is 0.600. The van der Waals surface area contributed by atoms with E-state index in [0.717, 1.165) is 13.0 Å². The first-order valence-electron chi connectivity index (χ1n) is 7.36. The van der Waals surface area contributed by atoms with Gasteiger partial charge in [0.25, 0.3) is 5.91 Å². The van der Waals surface area contributed by atoms with E-state index in [-0.39, 0.29) is 17.7 Å². The van der Waals surface area contributed by atoms with Gasteiger partial charge in [0, 0.05) is 13.1 Å². The summed E-state index contributed by atoms with van der Waals surface area (Å²) in [7, 11) is 0. The van der Waals surface area contributed by atoms with Gasteiger partial charge in [-0.25, -0.2) is 0 Å². The molecule has 0 aromatic carbocycles. The van der Waals surface area contributed by atoms with E-state index in [1.165, 1.54) is 11.3 Å². The molecule has 1 saturated heterocycles. The number of carbonyl (C=O) groups is 2. The fourth-order valence-electron chi connectivity index (χ4n) is 2.56. The Morgan fingerprint density at radius 1 is 1.52 bits per heavy atom. The SMILES string of the molecule is CC(C)C(NC(=O)c1cccs1)C(=O)N1CCC(CN)C1. The van der Waals surface area contributed by atoms with Gasteiger partial charge in [-0.2, -0.15) is 0 Å². The van der Waals surface area contributed by atoms with E-state index in [1.54, 1.807) is 6.07 Å². The smallest absolute Gasteiger partial charge is 0.262 e. The largest absolute Gasteiger partial charge is 0.341 e. The predicted molar refractivity (Wildman–Crippen MR) is 84.2 cm³/mol. The highest BCUT2D eigenvalue weighted by molar-refractivity contribution is 7.12. The summed E-state index contributed by atoms with van der Waals surface area (Å²) in [6.07, 6.45) is 0.950. The normalized spacial score (nSPS) is 19.8. The lowest BCUT2D eigenvalue weighted by Gasteiger charge is -2.26. The van der Waals surface area contributed by atoms with Crippen LogP contribution in [-0.4, -0.2) is 42.4 Å². The van der Waals surface area contributed by atoms with Crippen LogP contribution in [0.2, 0.25) is 0 Å². The predicted octanol–water partition coefficient (Wildman–Crippen LogP) is 1.31. The number of nitrogens with two attached hydrogens (primary N) is 1. The van der Waals surface area contributed by atoms with Crippen molar-refractivity contribution in [3.05, 3.63) is 22.4 Å². The number of hydrogen-bond donors (Lipinski definition) is 2. The van der Waals surface area contributed by atoms with Crippen molar-refractivity contribution in [3.63, 3.8) is 0 Å². The van der Waals surface area contributed by atoms with Crippen molar-refractivity contribution in [2.45, 2.75) is 26.3 Å². The number of carbonyl (C=O) groups excluding carboxylic acids is 2. The van der Waals surface area contributed by atoms with Crippen LogP contribution in [0.3, 0.4) is 0 Å². The molecule has 2 rings (SSSR count). The van der Waals surface area contributed by atoms with Gasteiger partial charge in [-0.1, -0.05) is 19.9 Å². The van der Waals surface area contributed by atoms with Gasteiger partial charge < -0.3 is 16.0 Å². The first-order valence-corrected chi connectivity index (χ1v) is 8.24. The molecule has 0 bridgehead atoms. The van der Waals surface area contributed by atoms with Crippen molar-refractivity contribution < 1.29 is 9.59 Å². The molecule has 1 aromatic heterocycles. The first-order chi connectivity index (χ1) is 10.0. The highest BCUT2D eigenvalue weighted by Crippen LogP contribution is 2.18. The number of nitrogens with zero attached hydrogens (tertiary/aromatic N) is 1. The van der Waals surface area contributed by atoms with Crippen LogP contribution in [0.1, 0.15) is 29.9 Å². The molecule has 1 aromatic rings. The number of amides is 2. The molecule has 2 unspecified atom stereocenters. The maximum Gasteiger partial charge on any atom is 0.262 e. The van der Waals surface area contributed by atoms with Crippen LogP contribution < -0.4 is 11.1 Å². The van der Waals surface area contributed by atoms with E-state index in [1.807, 2.05) is 30.2 Å². The molecular weight excluding hydrogens is 286 g/mol. The zero-order valence-corrected chi connectivity index (χ0v) is 13.4.